The molecule has 9 nitrogen and oxygen atoms in total. The number of nitrogens with one attached hydrogen (secondary N) is 1. The number of hydrogen-bond donors (Lipinski definition) is 2. The predicted octanol–water partition coefficient (Wildman–Crippen LogP) is 1.80. The molecule has 2 heterocycles. The second kappa shape index (κ2) is 8.73. The molecular weight excluding hydrogens is 400 g/mol. The highest BCUT2D eigenvalue weighted by Gasteiger charge is 2.46. The van der Waals surface area contributed by atoms with E-state index >= 15 is 0 Å². The third kappa shape index (κ3) is 4.09. The largest absolute Gasteiger partial charge is 0.507 e. The number of aromatic amines is 1. The molecule has 0 radical (unpaired) electrons. The molecule has 9 heteroatoms. The summed E-state index contributed by atoms with van der Waals surface area (Å²) in [4.78, 5) is 41.0. The summed E-state index contributed by atoms with van der Waals surface area (Å²) in [7, 11) is 5.03. The molecule has 1 aromatic heterocycles. The van der Waals surface area contributed by atoms with Crippen molar-refractivity contribution >= 4 is 23.4 Å². The number of ether oxygens (including phenoxy) is 1. The maximum Gasteiger partial charge on any atom is 0.337 e. The molecule has 1 atom stereocenters. The Morgan fingerprint density at radius 1 is 1.23 bits per heavy atom. The average Bonchev–Trinajstić information content (AvgIpc) is 3.21. The van der Waals surface area contributed by atoms with Crippen molar-refractivity contribution in [2.24, 2.45) is 0 Å². The second-order valence-corrected chi connectivity index (χ2v) is 7.72. The number of nitrogens with zero attached hydrogens (tertiary/aromatic N) is 3. The van der Waals surface area contributed by atoms with E-state index in [2.05, 4.69) is 10.2 Å². The number of amides is 1. The molecule has 164 valence electrons. The van der Waals surface area contributed by atoms with Crippen LogP contribution in [-0.2, 0) is 14.3 Å². The molecule has 3 rings (SSSR count). The number of aliphatic hydroxyl groups is 1. The standard InChI is InChI=1S/C22H26N4O5/c1-12-16(13(2)24-23-12)19(27)17-18(14-6-8-15(9-7-14)22(30)31-5)26(11-10-25(3)4)21(29)20(17)28/h6-9,18,27H,10-11H2,1-5H3,(H,23,24)/b19-17+/t18-/m0/s1. The fourth-order valence-corrected chi connectivity index (χ4v) is 3.72. The maximum absolute atomic E-state index is 13.0. The van der Waals surface area contributed by atoms with Crippen LogP contribution in [0, 0.1) is 13.8 Å². The van der Waals surface area contributed by atoms with Gasteiger partial charge in [0.2, 0.25) is 0 Å². The van der Waals surface area contributed by atoms with Crippen LogP contribution in [0.4, 0.5) is 0 Å². The zero-order chi connectivity index (χ0) is 22.9. The molecule has 2 N–H and O–H groups in total. The number of Topliss-reactive ketones (excluding diaryl/α,β-unsaturated/α-hetero) is 1. The molecule has 1 saturated heterocycles. The molecule has 1 amide bonds. The van der Waals surface area contributed by atoms with Crippen molar-refractivity contribution in [1.82, 2.24) is 20.0 Å². The number of rotatable bonds is 6. The number of ketones is 1. The fraction of sp³-hybridized carbons (Fsp3) is 0.364. The highest BCUT2D eigenvalue weighted by Crippen LogP contribution is 2.40. The number of methoxy groups -OCH3 is 1. The van der Waals surface area contributed by atoms with Gasteiger partial charge in [0.15, 0.2) is 0 Å². The van der Waals surface area contributed by atoms with Gasteiger partial charge in [0, 0.05) is 18.8 Å². The van der Waals surface area contributed by atoms with Crippen molar-refractivity contribution in [3.63, 3.8) is 0 Å². The van der Waals surface area contributed by atoms with Gasteiger partial charge in [-0.1, -0.05) is 12.1 Å². The van der Waals surface area contributed by atoms with E-state index in [4.69, 9.17) is 4.74 Å². The van der Waals surface area contributed by atoms with Crippen LogP contribution in [0.1, 0.15) is 38.9 Å². The summed E-state index contributed by atoms with van der Waals surface area (Å²) in [6.45, 7) is 4.27. The number of likely N-dealkylation sites (tertiary alicyclic amines) is 1. The van der Waals surface area contributed by atoms with Gasteiger partial charge in [-0.3, -0.25) is 14.7 Å². The van der Waals surface area contributed by atoms with Crippen molar-refractivity contribution in [3.05, 3.63) is 57.9 Å². The van der Waals surface area contributed by atoms with Crippen LogP contribution in [-0.4, -0.2) is 77.1 Å². The van der Waals surface area contributed by atoms with Gasteiger partial charge in [-0.15, -0.1) is 0 Å². The van der Waals surface area contributed by atoms with Crippen molar-refractivity contribution in [2.75, 3.05) is 34.3 Å². The summed E-state index contributed by atoms with van der Waals surface area (Å²) in [6.07, 6.45) is 0. The smallest absolute Gasteiger partial charge is 0.337 e. The summed E-state index contributed by atoms with van der Waals surface area (Å²) in [5.41, 5.74) is 2.47. The molecule has 0 unspecified atom stereocenters. The predicted molar refractivity (Wildman–Crippen MR) is 113 cm³/mol. The minimum atomic E-state index is -0.791. The molecule has 0 aliphatic carbocycles. The zero-order valence-corrected chi connectivity index (χ0v) is 18.2. The molecule has 0 saturated carbocycles. The normalized spacial score (nSPS) is 18.1. The first-order chi connectivity index (χ1) is 14.7. The molecule has 1 aromatic carbocycles. The number of carbonyl (C=O) groups is 3. The summed E-state index contributed by atoms with van der Waals surface area (Å²) < 4.78 is 4.73. The minimum Gasteiger partial charge on any atom is -0.507 e. The van der Waals surface area contributed by atoms with E-state index in [-0.39, 0.29) is 11.3 Å². The molecule has 2 aromatic rings. The van der Waals surface area contributed by atoms with Crippen molar-refractivity contribution in [1.29, 1.82) is 0 Å². The quantitative estimate of drug-likeness (QED) is 0.313. The van der Waals surface area contributed by atoms with Crippen LogP contribution in [0.5, 0.6) is 0 Å². The molecule has 1 aliphatic rings. The van der Waals surface area contributed by atoms with Gasteiger partial charge >= 0.3 is 5.97 Å². The topological polar surface area (TPSA) is 116 Å². The summed E-state index contributed by atoms with van der Waals surface area (Å²) in [5, 5.41) is 18.0. The number of aromatic nitrogens is 2. The van der Waals surface area contributed by atoms with Gasteiger partial charge in [-0.25, -0.2) is 4.79 Å². The molecule has 0 spiro atoms. The van der Waals surface area contributed by atoms with Gasteiger partial charge in [0.05, 0.1) is 35.5 Å². The molecule has 1 aliphatic heterocycles. The maximum atomic E-state index is 13.0. The van der Waals surface area contributed by atoms with Crippen molar-refractivity contribution < 1.29 is 24.2 Å². The second-order valence-electron chi connectivity index (χ2n) is 7.72. The lowest BCUT2D eigenvalue weighted by Gasteiger charge is -2.26. The van der Waals surface area contributed by atoms with Crippen LogP contribution in [0.3, 0.4) is 0 Å². The summed E-state index contributed by atoms with van der Waals surface area (Å²) in [5.74, 6) is -2.18. The Balaban J connectivity index is 2.16. The molecular formula is C22H26N4O5. The number of aryl methyl sites for hydroxylation is 2. The number of esters is 1. The average molecular weight is 426 g/mol. The monoisotopic (exact) mass is 426 g/mol. The summed E-state index contributed by atoms with van der Waals surface area (Å²) >= 11 is 0. The Labute approximate surface area is 180 Å². The highest BCUT2D eigenvalue weighted by atomic mass is 16.5. The first-order valence-electron chi connectivity index (χ1n) is 9.80. The molecule has 0 bridgehead atoms. The van der Waals surface area contributed by atoms with Gasteiger partial charge in [0.1, 0.15) is 5.76 Å². The first kappa shape index (κ1) is 22.2. The van der Waals surface area contributed by atoms with Crippen LogP contribution < -0.4 is 0 Å². The molecule has 31 heavy (non-hydrogen) atoms. The molecule has 1 fully saturated rings. The number of H-pyrrole nitrogens is 1. The van der Waals surface area contributed by atoms with Gasteiger partial charge in [-0.05, 0) is 45.6 Å². The summed E-state index contributed by atoms with van der Waals surface area (Å²) in [6, 6.07) is 5.67. The van der Waals surface area contributed by atoms with Crippen molar-refractivity contribution in [3.8, 4) is 0 Å². The lowest BCUT2D eigenvalue weighted by Crippen LogP contribution is -2.35. The van der Waals surface area contributed by atoms with Crippen LogP contribution in [0.2, 0.25) is 0 Å². The lowest BCUT2D eigenvalue weighted by atomic mass is 9.94. The van der Waals surface area contributed by atoms with Crippen LogP contribution >= 0.6 is 0 Å². The van der Waals surface area contributed by atoms with E-state index in [9.17, 15) is 19.5 Å². The Hall–Kier alpha value is -3.46. The van der Waals surface area contributed by atoms with E-state index < -0.39 is 23.7 Å². The number of carbonyl (C=O) groups excluding carboxylic acids is 3. The number of hydrogen-bond acceptors (Lipinski definition) is 7. The lowest BCUT2D eigenvalue weighted by molar-refractivity contribution is -0.140. The third-order valence-corrected chi connectivity index (χ3v) is 5.34. The zero-order valence-electron chi connectivity index (χ0n) is 18.2. The van der Waals surface area contributed by atoms with Crippen molar-refractivity contribution in [2.45, 2.75) is 19.9 Å². The Morgan fingerprint density at radius 2 is 1.87 bits per heavy atom. The van der Waals surface area contributed by atoms with Gasteiger partial charge in [-0.2, -0.15) is 5.10 Å². The third-order valence-electron chi connectivity index (χ3n) is 5.34. The van der Waals surface area contributed by atoms with Crippen LogP contribution in [0.15, 0.2) is 29.8 Å². The minimum absolute atomic E-state index is 0.00201. The number of benzene rings is 1. The van der Waals surface area contributed by atoms with E-state index in [0.717, 1.165) is 0 Å². The van der Waals surface area contributed by atoms with Crippen LogP contribution in [0.25, 0.3) is 5.76 Å². The van der Waals surface area contributed by atoms with E-state index in [1.807, 2.05) is 19.0 Å². The van der Waals surface area contributed by atoms with Gasteiger partial charge < -0.3 is 19.6 Å². The number of likely N-dealkylation sites (N-methyl/N-ethyl adjacent to an activating group) is 1. The Kier molecular flexibility index (Phi) is 6.26. The van der Waals surface area contributed by atoms with Gasteiger partial charge in [0.25, 0.3) is 11.7 Å². The highest BCUT2D eigenvalue weighted by molar-refractivity contribution is 6.46. The number of aliphatic hydroxyl groups excluding tert-OH is 1. The van der Waals surface area contributed by atoms with E-state index in [1.54, 1.807) is 38.1 Å². The van der Waals surface area contributed by atoms with E-state index in [1.165, 1.54) is 12.0 Å². The fourth-order valence-electron chi connectivity index (χ4n) is 3.72. The van der Waals surface area contributed by atoms with E-state index in [0.29, 0.717) is 41.2 Å². The Morgan fingerprint density at radius 3 is 2.39 bits per heavy atom. The first-order valence-corrected chi connectivity index (χ1v) is 9.80. The Bertz CT molecular complexity index is 1030. The SMILES string of the molecule is COC(=O)c1ccc([C@H]2/C(=C(\O)c3c(C)n[nH]c3C)C(=O)C(=O)N2CCN(C)C)cc1.